The van der Waals surface area contributed by atoms with Crippen LogP contribution in [-0.4, -0.2) is 23.8 Å². The molecule has 184 valence electrons. The Kier molecular flexibility index (Phi) is 6.82. The van der Waals surface area contributed by atoms with Gasteiger partial charge in [0, 0.05) is 57.0 Å². The van der Waals surface area contributed by atoms with Gasteiger partial charge in [-0.3, -0.25) is 4.79 Å². The van der Waals surface area contributed by atoms with E-state index in [9.17, 15) is 13.6 Å². The summed E-state index contributed by atoms with van der Waals surface area (Å²) in [5.74, 6) is -1.32. The number of nitrogens with zero attached hydrogens (tertiary/aromatic N) is 2. The molecule has 0 atom stereocenters. The van der Waals surface area contributed by atoms with Crippen LogP contribution in [0.2, 0.25) is 25.7 Å². The molecule has 2 aromatic carbocycles. The zero-order valence-electron chi connectivity index (χ0n) is 20.3. The van der Waals surface area contributed by atoms with Crippen molar-refractivity contribution in [3.05, 3.63) is 76.8 Å². The van der Waals surface area contributed by atoms with Crippen LogP contribution in [0.15, 0.2) is 59.7 Å². The van der Waals surface area contributed by atoms with E-state index >= 15 is 0 Å². The number of aromatic nitrogens is 2. The fraction of sp³-hybridized carbons (Fsp3) is 0.269. The number of hydrogen-bond acceptors (Lipinski definition) is 4. The quantitative estimate of drug-likeness (QED) is 0.185. The molecule has 0 spiro atoms. The van der Waals surface area contributed by atoms with Gasteiger partial charge in [0.15, 0.2) is 11.6 Å². The van der Waals surface area contributed by atoms with E-state index in [4.69, 9.17) is 15.2 Å². The fourth-order valence-corrected chi connectivity index (χ4v) is 4.57. The number of anilines is 1. The zero-order chi connectivity index (χ0) is 25.3. The van der Waals surface area contributed by atoms with Crippen molar-refractivity contribution in [3.63, 3.8) is 0 Å². The van der Waals surface area contributed by atoms with Crippen LogP contribution in [0.3, 0.4) is 0 Å². The lowest BCUT2D eigenvalue weighted by molar-refractivity contribution is 0.0903. The molecule has 2 aromatic heterocycles. The van der Waals surface area contributed by atoms with Crippen molar-refractivity contribution in [2.45, 2.75) is 32.4 Å². The van der Waals surface area contributed by atoms with Crippen LogP contribution in [0.5, 0.6) is 11.5 Å². The van der Waals surface area contributed by atoms with Gasteiger partial charge in [0.2, 0.25) is 0 Å². The SMILES string of the molecule is Cn1cc(-c2cc(N)ccc2Oc2ccc(F)cc2F)c2c(ccn2COCC[Si](C)(C)C)c1=O. The molecule has 35 heavy (non-hydrogen) atoms. The summed E-state index contributed by atoms with van der Waals surface area (Å²) in [6, 6.07) is 10.9. The smallest absolute Gasteiger partial charge is 0.259 e. The van der Waals surface area contributed by atoms with Gasteiger partial charge in [0.1, 0.15) is 18.3 Å². The van der Waals surface area contributed by atoms with E-state index in [2.05, 4.69) is 19.6 Å². The number of nitrogens with two attached hydrogens (primary N) is 1. The minimum absolute atomic E-state index is 0.122. The van der Waals surface area contributed by atoms with Crippen molar-refractivity contribution >= 4 is 24.7 Å². The molecule has 4 aromatic rings. The van der Waals surface area contributed by atoms with Gasteiger partial charge >= 0.3 is 0 Å². The predicted octanol–water partition coefficient (Wildman–Crippen LogP) is 5.97. The molecule has 4 rings (SSSR count). The Bertz CT molecular complexity index is 1440. The lowest BCUT2D eigenvalue weighted by atomic mass is 10.0. The topological polar surface area (TPSA) is 71.4 Å². The van der Waals surface area contributed by atoms with Crippen LogP contribution in [0.1, 0.15) is 0 Å². The highest BCUT2D eigenvalue weighted by Gasteiger charge is 2.19. The number of pyridine rings is 1. The summed E-state index contributed by atoms with van der Waals surface area (Å²) < 4.78 is 42.9. The first kappa shape index (κ1) is 24.7. The normalized spacial score (nSPS) is 11.8. The van der Waals surface area contributed by atoms with Gasteiger partial charge in [-0.2, -0.15) is 0 Å². The Morgan fingerprint density at radius 2 is 1.74 bits per heavy atom. The van der Waals surface area contributed by atoms with E-state index < -0.39 is 19.7 Å². The highest BCUT2D eigenvalue weighted by atomic mass is 28.3. The summed E-state index contributed by atoms with van der Waals surface area (Å²) >= 11 is 0. The highest BCUT2D eigenvalue weighted by molar-refractivity contribution is 6.76. The van der Waals surface area contributed by atoms with Crippen LogP contribution in [-0.2, 0) is 18.5 Å². The largest absolute Gasteiger partial charge is 0.454 e. The van der Waals surface area contributed by atoms with E-state index in [1.54, 1.807) is 37.5 Å². The van der Waals surface area contributed by atoms with Crippen molar-refractivity contribution in [1.29, 1.82) is 0 Å². The number of rotatable bonds is 8. The molecule has 0 fully saturated rings. The van der Waals surface area contributed by atoms with Crippen LogP contribution < -0.4 is 16.0 Å². The second-order valence-electron chi connectivity index (χ2n) is 9.79. The molecule has 0 aliphatic rings. The van der Waals surface area contributed by atoms with Crippen molar-refractivity contribution < 1.29 is 18.3 Å². The van der Waals surface area contributed by atoms with Crippen molar-refractivity contribution in [2.75, 3.05) is 12.3 Å². The van der Waals surface area contributed by atoms with Gasteiger partial charge in [0.25, 0.3) is 5.56 Å². The van der Waals surface area contributed by atoms with Gasteiger partial charge in [-0.05, 0) is 42.4 Å². The maximum Gasteiger partial charge on any atom is 0.259 e. The van der Waals surface area contributed by atoms with Crippen LogP contribution in [0, 0.1) is 11.6 Å². The molecule has 0 saturated heterocycles. The molecule has 6 nitrogen and oxygen atoms in total. The van der Waals surface area contributed by atoms with E-state index in [1.807, 2.05) is 10.8 Å². The molecule has 0 aliphatic carbocycles. The summed E-state index contributed by atoms with van der Waals surface area (Å²) in [4.78, 5) is 12.9. The molecular weight excluding hydrogens is 468 g/mol. The number of ether oxygens (including phenoxy) is 2. The number of halogens is 2. The second-order valence-corrected chi connectivity index (χ2v) is 15.4. The number of hydrogen-bond donors (Lipinski definition) is 1. The standard InChI is InChI=1S/C26H29F2N3O3Si/c1-30-15-21(25-19(26(30)32)9-10-31(25)16-33-11-12-35(2,3)4)20-14-18(29)6-8-23(20)34-24-7-5-17(27)13-22(24)28/h5-10,13-15H,11-12,16,29H2,1-4H3. The molecule has 0 saturated carbocycles. The molecular formula is C26H29F2N3O3Si. The van der Waals surface area contributed by atoms with Crippen LogP contribution in [0.4, 0.5) is 14.5 Å². The first-order chi connectivity index (χ1) is 16.5. The van der Waals surface area contributed by atoms with Gasteiger partial charge < -0.3 is 24.3 Å². The molecule has 0 aliphatic heterocycles. The third-order valence-corrected chi connectivity index (χ3v) is 7.43. The average Bonchev–Trinajstić information content (AvgIpc) is 3.20. The van der Waals surface area contributed by atoms with E-state index in [-0.39, 0.29) is 18.0 Å². The number of aryl methyl sites for hydroxylation is 1. The summed E-state index contributed by atoms with van der Waals surface area (Å²) in [6.45, 7) is 7.77. The summed E-state index contributed by atoms with van der Waals surface area (Å²) in [7, 11) is 0.422. The number of nitrogen functional groups attached to an aromatic ring is 1. The molecule has 0 unspecified atom stereocenters. The minimum Gasteiger partial charge on any atom is -0.454 e. The van der Waals surface area contributed by atoms with Crippen LogP contribution in [0.25, 0.3) is 22.0 Å². The van der Waals surface area contributed by atoms with Gasteiger partial charge in [-0.1, -0.05) is 19.6 Å². The van der Waals surface area contributed by atoms with Gasteiger partial charge in [-0.25, -0.2) is 8.78 Å². The van der Waals surface area contributed by atoms with Gasteiger partial charge in [-0.15, -0.1) is 0 Å². The lowest BCUT2D eigenvalue weighted by Gasteiger charge is -2.18. The van der Waals surface area contributed by atoms with Crippen molar-refractivity contribution in [1.82, 2.24) is 9.13 Å². The Morgan fingerprint density at radius 3 is 2.46 bits per heavy atom. The molecule has 0 amide bonds. The van der Waals surface area contributed by atoms with Crippen molar-refractivity contribution in [3.8, 4) is 22.6 Å². The van der Waals surface area contributed by atoms with Gasteiger partial charge in [0.05, 0.1) is 10.9 Å². The molecule has 2 heterocycles. The number of fused-ring (bicyclic) bond motifs is 1. The zero-order valence-corrected chi connectivity index (χ0v) is 21.3. The first-order valence-electron chi connectivity index (χ1n) is 11.3. The van der Waals surface area contributed by atoms with E-state index in [1.165, 1.54) is 10.6 Å². The summed E-state index contributed by atoms with van der Waals surface area (Å²) in [6.07, 6.45) is 3.52. The molecule has 0 bridgehead atoms. The first-order valence-corrected chi connectivity index (χ1v) is 15.0. The van der Waals surface area contributed by atoms with Crippen molar-refractivity contribution in [2.24, 2.45) is 7.05 Å². The Morgan fingerprint density at radius 1 is 1.00 bits per heavy atom. The Labute approximate surface area is 203 Å². The predicted molar refractivity (Wildman–Crippen MR) is 138 cm³/mol. The van der Waals surface area contributed by atoms with E-state index in [0.29, 0.717) is 40.1 Å². The molecule has 2 N–H and O–H groups in total. The minimum atomic E-state index is -1.24. The maximum atomic E-state index is 14.3. The Hall–Kier alpha value is -3.43. The Balaban J connectivity index is 1.80. The third kappa shape index (κ3) is 5.46. The monoisotopic (exact) mass is 497 g/mol. The average molecular weight is 498 g/mol. The van der Waals surface area contributed by atoms with Crippen LogP contribution >= 0.6 is 0 Å². The molecule has 0 radical (unpaired) electrons. The second kappa shape index (κ2) is 9.67. The number of benzene rings is 2. The summed E-state index contributed by atoms with van der Waals surface area (Å²) in [5.41, 5.74) is 8.32. The summed E-state index contributed by atoms with van der Waals surface area (Å²) in [5, 5.41) is 0.514. The maximum absolute atomic E-state index is 14.3. The lowest BCUT2D eigenvalue weighted by Crippen LogP contribution is -2.22. The van der Waals surface area contributed by atoms with E-state index in [0.717, 1.165) is 18.2 Å². The molecule has 9 heteroatoms. The highest BCUT2D eigenvalue weighted by Crippen LogP contribution is 2.38. The third-order valence-electron chi connectivity index (χ3n) is 5.73. The fourth-order valence-electron chi connectivity index (χ4n) is 3.82.